The third-order valence-corrected chi connectivity index (χ3v) is 3.18. The van der Waals surface area contributed by atoms with Gasteiger partial charge in [0, 0.05) is 11.8 Å². The average molecular weight is 292 g/mol. The zero-order valence-electron chi connectivity index (χ0n) is 12.1. The highest BCUT2D eigenvalue weighted by atomic mass is 19.1. The molecule has 0 spiro atoms. The minimum atomic E-state index is -1.28. The summed E-state index contributed by atoms with van der Waals surface area (Å²) in [7, 11) is 0. The molecule has 0 aliphatic carbocycles. The minimum absolute atomic E-state index is 0.0256. The first-order valence-corrected chi connectivity index (χ1v) is 6.48. The number of carbonyl (C=O) groups excluding carboxylic acids is 1. The molecule has 2 heterocycles. The summed E-state index contributed by atoms with van der Waals surface area (Å²) in [4.78, 5) is 15.5. The van der Waals surface area contributed by atoms with Crippen LogP contribution in [0.4, 0.5) is 4.39 Å². The van der Waals surface area contributed by atoms with Gasteiger partial charge in [-0.2, -0.15) is 0 Å². The zero-order valence-corrected chi connectivity index (χ0v) is 12.1. The summed E-state index contributed by atoms with van der Waals surface area (Å²) >= 11 is 0. The number of halogens is 1. The van der Waals surface area contributed by atoms with Crippen LogP contribution in [0.5, 0.6) is 0 Å². The highest BCUT2D eigenvalue weighted by Crippen LogP contribution is 2.26. The number of aryl methyl sites for hydroxylation is 2. The van der Waals surface area contributed by atoms with Gasteiger partial charge in [-0.25, -0.2) is 4.39 Å². The van der Waals surface area contributed by atoms with Gasteiger partial charge in [0.05, 0.1) is 18.3 Å². The van der Waals surface area contributed by atoms with Gasteiger partial charge in [-0.3, -0.25) is 9.78 Å². The number of amides is 1. The molecule has 2 aromatic heterocycles. The Labute approximate surface area is 121 Å². The van der Waals surface area contributed by atoms with Crippen molar-refractivity contribution in [2.45, 2.75) is 26.4 Å². The van der Waals surface area contributed by atoms with Crippen molar-refractivity contribution in [3.8, 4) is 0 Å². The second-order valence-corrected chi connectivity index (χ2v) is 5.18. The number of hydrogen-bond acceptors (Lipinski definition) is 4. The lowest BCUT2D eigenvalue weighted by molar-refractivity contribution is 0.0514. The Morgan fingerprint density at radius 1 is 1.43 bits per heavy atom. The molecule has 2 aromatic rings. The first kappa shape index (κ1) is 15.2. The Bertz CT molecular complexity index is 665. The quantitative estimate of drug-likeness (QED) is 0.904. The molecule has 5 nitrogen and oxygen atoms in total. The van der Waals surface area contributed by atoms with Crippen molar-refractivity contribution < 1.29 is 18.7 Å². The van der Waals surface area contributed by atoms with E-state index in [2.05, 4.69) is 10.3 Å². The third kappa shape index (κ3) is 3.46. The number of pyridine rings is 1. The summed E-state index contributed by atoms with van der Waals surface area (Å²) in [6.07, 6.45) is 2.28. The Hall–Kier alpha value is -2.21. The molecule has 1 atom stereocenters. The van der Waals surface area contributed by atoms with Gasteiger partial charge in [-0.15, -0.1) is 0 Å². The lowest BCUT2D eigenvalue weighted by Crippen LogP contribution is -2.38. The smallest absolute Gasteiger partial charge is 0.253 e. The van der Waals surface area contributed by atoms with Crippen LogP contribution in [-0.4, -0.2) is 22.5 Å². The minimum Gasteiger partial charge on any atom is -0.466 e. The summed E-state index contributed by atoms with van der Waals surface area (Å²) in [5, 5.41) is 13.0. The molecule has 2 N–H and O–H groups in total. The standard InChI is InChI=1S/C15H17FN2O3/c1-9-4-13(10(2)21-9)15(3,20)8-18-14(19)11-5-12(16)7-17-6-11/h4-7,20H,8H2,1-3H3,(H,18,19). The highest BCUT2D eigenvalue weighted by Gasteiger charge is 2.28. The topological polar surface area (TPSA) is 75.4 Å². The van der Waals surface area contributed by atoms with Crippen LogP contribution in [0, 0.1) is 19.7 Å². The molecule has 1 unspecified atom stereocenters. The van der Waals surface area contributed by atoms with E-state index in [0.717, 1.165) is 12.3 Å². The monoisotopic (exact) mass is 292 g/mol. The van der Waals surface area contributed by atoms with Gasteiger partial charge in [-0.05, 0) is 32.9 Å². The molecule has 112 valence electrons. The number of furan rings is 1. The maximum absolute atomic E-state index is 13.0. The molecular formula is C15H17FN2O3. The van der Waals surface area contributed by atoms with Crippen LogP contribution in [0.2, 0.25) is 0 Å². The molecule has 0 fully saturated rings. The van der Waals surface area contributed by atoms with Gasteiger partial charge in [0.25, 0.3) is 5.91 Å². The Morgan fingerprint density at radius 3 is 2.71 bits per heavy atom. The fourth-order valence-corrected chi connectivity index (χ4v) is 2.15. The molecule has 2 rings (SSSR count). The van der Waals surface area contributed by atoms with Crippen LogP contribution >= 0.6 is 0 Å². The van der Waals surface area contributed by atoms with E-state index in [0.29, 0.717) is 17.1 Å². The largest absolute Gasteiger partial charge is 0.466 e. The van der Waals surface area contributed by atoms with Crippen LogP contribution in [-0.2, 0) is 5.60 Å². The van der Waals surface area contributed by atoms with Crippen molar-refractivity contribution in [2.75, 3.05) is 6.54 Å². The lowest BCUT2D eigenvalue weighted by atomic mass is 9.96. The molecule has 0 saturated carbocycles. The van der Waals surface area contributed by atoms with E-state index in [4.69, 9.17) is 4.42 Å². The van der Waals surface area contributed by atoms with Crippen molar-refractivity contribution in [2.24, 2.45) is 0 Å². The fourth-order valence-electron chi connectivity index (χ4n) is 2.15. The predicted octanol–water partition coefficient (Wildman–Crippen LogP) is 2.07. The number of hydrogen-bond donors (Lipinski definition) is 2. The molecule has 0 radical (unpaired) electrons. The van der Waals surface area contributed by atoms with E-state index in [1.54, 1.807) is 26.8 Å². The number of rotatable bonds is 4. The molecule has 6 heteroatoms. The maximum Gasteiger partial charge on any atom is 0.253 e. The summed E-state index contributed by atoms with van der Waals surface area (Å²) in [5.41, 5.74) is -0.568. The van der Waals surface area contributed by atoms with Gasteiger partial charge in [0.1, 0.15) is 22.9 Å². The summed E-state index contributed by atoms with van der Waals surface area (Å²) < 4.78 is 18.4. The highest BCUT2D eigenvalue weighted by molar-refractivity contribution is 5.93. The number of carbonyl (C=O) groups is 1. The van der Waals surface area contributed by atoms with Crippen LogP contribution in [0.25, 0.3) is 0 Å². The van der Waals surface area contributed by atoms with Crippen molar-refractivity contribution in [3.63, 3.8) is 0 Å². The van der Waals surface area contributed by atoms with Gasteiger partial charge in [0.2, 0.25) is 0 Å². The fraction of sp³-hybridized carbons (Fsp3) is 0.333. The zero-order chi connectivity index (χ0) is 15.6. The SMILES string of the molecule is Cc1cc(C(C)(O)CNC(=O)c2cncc(F)c2)c(C)o1. The van der Waals surface area contributed by atoms with Crippen LogP contribution < -0.4 is 5.32 Å². The average Bonchev–Trinajstić information content (AvgIpc) is 2.76. The summed E-state index contributed by atoms with van der Waals surface area (Å²) in [5.74, 6) is 0.193. The number of nitrogens with one attached hydrogen (secondary N) is 1. The van der Waals surface area contributed by atoms with E-state index in [1.165, 1.54) is 6.20 Å². The Kier molecular flexibility index (Phi) is 4.09. The molecular weight excluding hydrogens is 275 g/mol. The molecule has 0 bridgehead atoms. The summed E-state index contributed by atoms with van der Waals surface area (Å²) in [6.45, 7) is 5.08. The van der Waals surface area contributed by atoms with Crippen LogP contribution in [0.15, 0.2) is 28.9 Å². The first-order valence-electron chi connectivity index (χ1n) is 6.48. The second kappa shape index (κ2) is 5.65. The van der Waals surface area contributed by atoms with Crippen molar-refractivity contribution in [3.05, 3.63) is 53.0 Å². The van der Waals surface area contributed by atoms with Gasteiger partial charge in [0.15, 0.2) is 0 Å². The van der Waals surface area contributed by atoms with Crippen molar-refractivity contribution in [1.29, 1.82) is 0 Å². The number of aromatic nitrogens is 1. The second-order valence-electron chi connectivity index (χ2n) is 5.18. The van der Waals surface area contributed by atoms with E-state index in [9.17, 15) is 14.3 Å². The summed E-state index contributed by atoms with van der Waals surface area (Å²) in [6, 6.07) is 2.82. The van der Waals surface area contributed by atoms with Gasteiger partial charge >= 0.3 is 0 Å². The number of nitrogens with zero attached hydrogens (tertiary/aromatic N) is 1. The third-order valence-electron chi connectivity index (χ3n) is 3.18. The molecule has 0 aromatic carbocycles. The molecule has 1 amide bonds. The molecule has 0 saturated heterocycles. The molecule has 0 aliphatic heterocycles. The van der Waals surface area contributed by atoms with Crippen LogP contribution in [0.3, 0.4) is 0 Å². The Morgan fingerprint density at radius 2 is 2.14 bits per heavy atom. The van der Waals surface area contributed by atoms with Crippen molar-refractivity contribution in [1.82, 2.24) is 10.3 Å². The van der Waals surface area contributed by atoms with E-state index in [1.807, 2.05) is 0 Å². The van der Waals surface area contributed by atoms with Gasteiger partial charge in [-0.1, -0.05) is 0 Å². The predicted molar refractivity (Wildman–Crippen MR) is 74.3 cm³/mol. The number of aliphatic hydroxyl groups is 1. The first-order chi connectivity index (χ1) is 9.79. The molecule has 21 heavy (non-hydrogen) atoms. The van der Waals surface area contributed by atoms with E-state index >= 15 is 0 Å². The maximum atomic E-state index is 13.0. The van der Waals surface area contributed by atoms with E-state index in [-0.39, 0.29) is 12.1 Å². The van der Waals surface area contributed by atoms with Crippen LogP contribution in [0.1, 0.15) is 34.4 Å². The molecule has 0 aliphatic rings. The van der Waals surface area contributed by atoms with Gasteiger partial charge < -0.3 is 14.8 Å². The normalized spacial score (nSPS) is 13.8. The van der Waals surface area contributed by atoms with Crippen molar-refractivity contribution >= 4 is 5.91 Å². The lowest BCUT2D eigenvalue weighted by Gasteiger charge is -2.23. The van der Waals surface area contributed by atoms with E-state index < -0.39 is 17.3 Å². The Balaban J connectivity index is 2.08.